The summed E-state index contributed by atoms with van der Waals surface area (Å²) in [6, 6.07) is 7.74. The van der Waals surface area contributed by atoms with Gasteiger partial charge in [-0.15, -0.1) is 0 Å². The fourth-order valence-corrected chi connectivity index (χ4v) is 2.02. The van der Waals surface area contributed by atoms with Gasteiger partial charge in [-0.25, -0.2) is 0 Å². The lowest BCUT2D eigenvalue weighted by molar-refractivity contribution is -0.116. The van der Waals surface area contributed by atoms with Gasteiger partial charge in [0.05, 0.1) is 6.54 Å². The van der Waals surface area contributed by atoms with Crippen LogP contribution >= 0.6 is 12.2 Å². The number of nitrogens with zero attached hydrogens (tertiary/aromatic N) is 1. The molecule has 0 atom stereocenters. The predicted octanol–water partition coefficient (Wildman–Crippen LogP) is 1.12. The van der Waals surface area contributed by atoms with Gasteiger partial charge in [0.25, 0.3) is 0 Å². The largest absolute Gasteiger partial charge is 0.361 e. The van der Waals surface area contributed by atoms with Gasteiger partial charge in [0.2, 0.25) is 5.91 Å². The van der Waals surface area contributed by atoms with Crippen molar-refractivity contribution < 1.29 is 4.79 Å². The van der Waals surface area contributed by atoms with E-state index in [2.05, 4.69) is 10.6 Å². The molecule has 17 heavy (non-hydrogen) atoms. The highest BCUT2D eigenvalue weighted by molar-refractivity contribution is 7.80. The van der Waals surface area contributed by atoms with E-state index in [0.717, 1.165) is 24.3 Å². The molecule has 0 radical (unpaired) electrons. The van der Waals surface area contributed by atoms with Gasteiger partial charge >= 0.3 is 0 Å². The molecule has 4 nitrogen and oxygen atoms in total. The van der Waals surface area contributed by atoms with Gasteiger partial charge in [0.1, 0.15) is 0 Å². The molecule has 0 unspecified atom stereocenters. The monoisotopic (exact) mass is 249 g/mol. The number of aryl methyl sites for hydroxylation is 1. The number of nitrogens with one attached hydrogen (secondary N) is 2. The second-order valence-electron chi connectivity index (χ2n) is 4.07. The number of benzene rings is 1. The van der Waals surface area contributed by atoms with Crippen molar-refractivity contribution in [2.75, 3.05) is 25.0 Å². The Bertz CT molecular complexity index is 447. The quantitative estimate of drug-likeness (QED) is 0.788. The van der Waals surface area contributed by atoms with E-state index in [-0.39, 0.29) is 5.91 Å². The first-order chi connectivity index (χ1) is 8.15. The lowest BCUT2D eigenvalue weighted by Crippen LogP contribution is -2.35. The lowest BCUT2D eigenvalue weighted by atomic mass is 10.2. The number of thiocarbonyl (C=S) groups is 1. The first-order valence-corrected chi connectivity index (χ1v) is 5.95. The fourth-order valence-electron chi connectivity index (χ4n) is 1.76. The SMILES string of the molecule is Cc1cccc(NC(=O)CN2CCNC2=S)c1. The molecule has 1 heterocycles. The summed E-state index contributed by atoms with van der Waals surface area (Å²) in [5.74, 6) is -0.0401. The number of hydrogen-bond acceptors (Lipinski definition) is 2. The van der Waals surface area contributed by atoms with Crippen molar-refractivity contribution in [2.45, 2.75) is 6.92 Å². The molecule has 1 fully saturated rings. The number of carbonyl (C=O) groups is 1. The van der Waals surface area contributed by atoms with Crippen LogP contribution < -0.4 is 10.6 Å². The van der Waals surface area contributed by atoms with E-state index in [1.165, 1.54) is 0 Å². The topological polar surface area (TPSA) is 44.4 Å². The van der Waals surface area contributed by atoms with Crippen LogP contribution in [0, 0.1) is 6.92 Å². The molecule has 1 aliphatic rings. The van der Waals surface area contributed by atoms with Gasteiger partial charge in [-0.3, -0.25) is 4.79 Å². The fraction of sp³-hybridized carbons (Fsp3) is 0.333. The highest BCUT2D eigenvalue weighted by Crippen LogP contribution is 2.09. The zero-order valence-electron chi connectivity index (χ0n) is 9.69. The maximum atomic E-state index is 11.8. The van der Waals surface area contributed by atoms with Crippen LogP contribution in [0.4, 0.5) is 5.69 Å². The Kier molecular flexibility index (Phi) is 3.58. The van der Waals surface area contributed by atoms with E-state index in [4.69, 9.17) is 12.2 Å². The van der Waals surface area contributed by atoms with Crippen molar-refractivity contribution in [3.8, 4) is 0 Å². The molecule has 5 heteroatoms. The Morgan fingerprint density at radius 3 is 3.06 bits per heavy atom. The van der Waals surface area contributed by atoms with Crippen molar-refractivity contribution in [3.63, 3.8) is 0 Å². The van der Waals surface area contributed by atoms with Crippen LogP contribution in [0.2, 0.25) is 0 Å². The molecule has 0 bridgehead atoms. The zero-order valence-corrected chi connectivity index (χ0v) is 10.5. The maximum absolute atomic E-state index is 11.8. The summed E-state index contributed by atoms with van der Waals surface area (Å²) < 4.78 is 0. The summed E-state index contributed by atoms with van der Waals surface area (Å²) in [5, 5.41) is 6.54. The highest BCUT2D eigenvalue weighted by Gasteiger charge is 2.18. The molecule has 0 saturated carbocycles. The Hall–Kier alpha value is -1.62. The molecule has 2 rings (SSSR count). The Morgan fingerprint density at radius 1 is 1.59 bits per heavy atom. The minimum absolute atomic E-state index is 0.0401. The van der Waals surface area contributed by atoms with Gasteiger partial charge in [-0.1, -0.05) is 12.1 Å². The third-order valence-electron chi connectivity index (χ3n) is 2.58. The number of anilines is 1. The first kappa shape index (κ1) is 11.9. The van der Waals surface area contributed by atoms with Crippen LogP contribution in [0.3, 0.4) is 0 Å². The molecule has 1 amide bonds. The van der Waals surface area contributed by atoms with E-state index in [0.29, 0.717) is 11.7 Å². The van der Waals surface area contributed by atoms with Gasteiger partial charge in [-0.05, 0) is 36.8 Å². The average molecular weight is 249 g/mol. The summed E-state index contributed by atoms with van der Waals surface area (Å²) in [4.78, 5) is 13.6. The molecule has 0 spiro atoms. The van der Waals surface area contributed by atoms with Crippen LogP contribution in [0.5, 0.6) is 0 Å². The van der Waals surface area contributed by atoms with Crippen LogP contribution in [0.15, 0.2) is 24.3 Å². The molecule has 2 N–H and O–H groups in total. The van der Waals surface area contributed by atoms with Crippen molar-refractivity contribution in [2.24, 2.45) is 0 Å². The minimum atomic E-state index is -0.0401. The van der Waals surface area contributed by atoms with E-state index in [9.17, 15) is 4.79 Å². The Morgan fingerprint density at radius 2 is 2.41 bits per heavy atom. The number of carbonyl (C=O) groups excluding carboxylic acids is 1. The minimum Gasteiger partial charge on any atom is -0.361 e. The molecule has 90 valence electrons. The van der Waals surface area contributed by atoms with Gasteiger partial charge in [0.15, 0.2) is 5.11 Å². The van der Waals surface area contributed by atoms with E-state index in [1.807, 2.05) is 36.1 Å². The summed E-state index contributed by atoms with van der Waals surface area (Å²) in [6.07, 6.45) is 0. The van der Waals surface area contributed by atoms with E-state index < -0.39 is 0 Å². The smallest absolute Gasteiger partial charge is 0.243 e. The molecular formula is C12H15N3OS. The standard InChI is InChI=1S/C12H15N3OS/c1-9-3-2-4-10(7-9)14-11(16)8-15-6-5-13-12(15)17/h2-4,7H,5-6,8H2,1H3,(H,13,17)(H,14,16). The van der Waals surface area contributed by atoms with Crippen LogP contribution in [0.25, 0.3) is 0 Å². The molecular weight excluding hydrogens is 234 g/mol. The average Bonchev–Trinajstić information content (AvgIpc) is 2.64. The van der Waals surface area contributed by atoms with Crippen molar-refractivity contribution in [3.05, 3.63) is 29.8 Å². The van der Waals surface area contributed by atoms with Gasteiger partial charge in [0, 0.05) is 18.8 Å². The molecule has 1 aromatic rings. The van der Waals surface area contributed by atoms with Crippen molar-refractivity contribution >= 4 is 28.9 Å². The number of amides is 1. The second-order valence-corrected chi connectivity index (χ2v) is 4.46. The normalized spacial score (nSPS) is 14.6. The Balaban J connectivity index is 1.91. The summed E-state index contributed by atoms with van der Waals surface area (Å²) >= 11 is 5.08. The van der Waals surface area contributed by atoms with Crippen LogP contribution in [-0.4, -0.2) is 35.6 Å². The van der Waals surface area contributed by atoms with Crippen LogP contribution in [-0.2, 0) is 4.79 Å². The zero-order chi connectivity index (χ0) is 12.3. The number of hydrogen-bond donors (Lipinski definition) is 2. The molecule has 1 aromatic carbocycles. The summed E-state index contributed by atoms with van der Waals surface area (Å²) in [5.41, 5.74) is 1.95. The third-order valence-corrected chi connectivity index (χ3v) is 2.98. The van der Waals surface area contributed by atoms with Crippen molar-refractivity contribution in [1.29, 1.82) is 0 Å². The maximum Gasteiger partial charge on any atom is 0.243 e. The highest BCUT2D eigenvalue weighted by atomic mass is 32.1. The lowest BCUT2D eigenvalue weighted by Gasteiger charge is -2.15. The van der Waals surface area contributed by atoms with Gasteiger partial charge in [-0.2, -0.15) is 0 Å². The summed E-state index contributed by atoms with van der Waals surface area (Å²) in [7, 11) is 0. The molecule has 1 aliphatic heterocycles. The molecule has 1 saturated heterocycles. The van der Waals surface area contributed by atoms with E-state index >= 15 is 0 Å². The first-order valence-electron chi connectivity index (χ1n) is 5.54. The van der Waals surface area contributed by atoms with E-state index in [1.54, 1.807) is 0 Å². The van der Waals surface area contributed by atoms with Crippen molar-refractivity contribution in [1.82, 2.24) is 10.2 Å². The second kappa shape index (κ2) is 5.14. The predicted molar refractivity (Wildman–Crippen MR) is 72.0 cm³/mol. The van der Waals surface area contributed by atoms with Gasteiger partial charge < -0.3 is 15.5 Å². The van der Waals surface area contributed by atoms with Crippen LogP contribution in [0.1, 0.15) is 5.56 Å². The number of rotatable bonds is 3. The summed E-state index contributed by atoms with van der Waals surface area (Å²) in [6.45, 7) is 3.91. The molecule has 0 aromatic heterocycles. The third kappa shape index (κ3) is 3.17. The molecule has 0 aliphatic carbocycles. The Labute approximate surface area is 106 Å².